The highest BCUT2D eigenvalue weighted by molar-refractivity contribution is 5.38. The lowest BCUT2D eigenvalue weighted by molar-refractivity contribution is 0.127. The summed E-state index contributed by atoms with van der Waals surface area (Å²) in [4.78, 5) is 0. The maximum atomic E-state index is 5.24. The third-order valence-electron chi connectivity index (χ3n) is 2.69. The second kappa shape index (κ2) is 6.61. The molecule has 18 heavy (non-hydrogen) atoms. The number of nitrogens with one attached hydrogen (secondary N) is 1. The van der Waals surface area contributed by atoms with Crippen LogP contribution < -0.4 is 14.8 Å². The minimum absolute atomic E-state index is 0.0644. The maximum Gasteiger partial charge on any atom is 0.122 e. The molecule has 0 aliphatic carbocycles. The van der Waals surface area contributed by atoms with Crippen molar-refractivity contribution >= 4 is 0 Å². The quantitative estimate of drug-likeness (QED) is 0.809. The van der Waals surface area contributed by atoms with E-state index in [9.17, 15) is 0 Å². The highest BCUT2D eigenvalue weighted by atomic mass is 16.5. The van der Waals surface area contributed by atoms with Crippen molar-refractivity contribution < 1.29 is 14.2 Å². The van der Waals surface area contributed by atoms with E-state index in [-0.39, 0.29) is 5.54 Å². The van der Waals surface area contributed by atoms with E-state index in [1.165, 1.54) is 0 Å². The van der Waals surface area contributed by atoms with Gasteiger partial charge in [0.2, 0.25) is 0 Å². The van der Waals surface area contributed by atoms with Gasteiger partial charge < -0.3 is 19.5 Å². The van der Waals surface area contributed by atoms with Crippen LogP contribution in [0.15, 0.2) is 18.2 Å². The Labute approximate surface area is 109 Å². The summed E-state index contributed by atoms with van der Waals surface area (Å²) in [6, 6.07) is 5.86. The molecule has 0 saturated heterocycles. The van der Waals surface area contributed by atoms with E-state index in [0.29, 0.717) is 6.61 Å². The van der Waals surface area contributed by atoms with Gasteiger partial charge in [0.25, 0.3) is 0 Å². The van der Waals surface area contributed by atoms with Crippen molar-refractivity contribution in [3.05, 3.63) is 23.8 Å². The summed E-state index contributed by atoms with van der Waals surface area (Å²) in [6.07, 6.45) is 0. The average Bonchev–Trinajstić information content (AvgIpc) is 2.36. The summed E-state index contributed by atoms with van der Waals surface area (Å²) in [5.41, 5.74) is 1.06. The van der Waals surface area contributed by atoms with Gasteiger partial charge in [-0.15, -0.1) is 0 Å². The fraction of sp³-hybridized carbons (Fsp3) is 0.571. The van der Waals surface area contributed by atoms with Gasteiger partial charge in [0, 0.05) is 25.3 Å². The van der Waals surface area contributed by atoms with Crippen LogP contribution in [0.1, 0.15) is 19.4 Å². The maximum absolute atomic E-state index is 5.24. The molecule has 0 heterocycles. The lowest BCUT2D eigenvalue weighted by atomic mass is 10.1. The molecular weight excluding hydrogens is 230 g/mol. The van der Waals surface area contributed by atoms with Crippen molar-refractivity contribution in [2.24, 2.45) is 0 Å². The molecule has 102 valence electrons. The van der Waals surface area contributed by atoms with Crippen molar-refractivity contribution in [3.8, 4) is 11.5 Å². The molecule has 0 amide bonds. The Kier molecular flexibility index (Phi) is 5.44. The molecule has 0 radical (unpaired) electrons. The van der Waals surface area contributed by atoms with Gasteiger partial charge in [-0.2, -0.15) is 0 Å². The summed E-state index contributed by atoms with van der Waals surface area (Å²) in [5, 5.41) is 3.44. The van der Waals surface area contributed by atoms with Crippen molar-refractivity contribution in [2.75, 3.05) is 27.9 Å². The number of hydrogen-bond acceptors (Lipinski definition) is 4. The second-order valence-corrected chi connectivity index (χ2v) is 4.89. The fourth-order valence-corrected chi connectivity index (χ4v) is 1.72. The molecular formula is C14H23NO3. The van der Waals surface area contributed by atoms with E-state index in [1.54, 1.807) is 21.3 Å². The lowest BCUT2D eigenvalue weighted by Gasteiger charge is -2.25. The van der Waals surface area contributed by atoms with Gasteiger partial charge in [0.05, 0.1) is 20.8 Å². The Bertz CT molecular complexity index is 355. The smallest absolute Gasteiger partial charge is 0.122 e. The van der Waals surface area contributed by atoms with Crippen LogP contribution in [0.2, 0.25) is 0 Å². The minimum atomic E-state index is -0.0644. The third-order valence-corrected chi connectivity index (χ3v) is 2.69. The molecule has 0 saturated carbocycles. The molecule has 0 aliphatic rings. The zero-order valence-electron chi connectivity index (χ0n) is 11.9. The number of benzene rings is 1. The molecule has 4 heteroatoms. The Balaban J connectivity index is 2.72. The minimum Gasteiger partial charge on any atom is -0.497 e. The first-order valence-corrected chi connectivity index (χ1v) is 5.96. The predicted molar refractivity (Wildman–Crippen MR) is 72.3 cm³/mol. The van der Waals surface area contributed by atoms with Crippen molar-refractivity contribution in [2.45, 2.75) is 25.9 Å². The van der Waals surface area contributed by atoms with Crippen LogP contribution in [0.4, 0.5) is 0 Å². The summed E-state index contributed by atoms with van der Waals surface area (Å²) in [7, 11) is 5.01. The summed E-state index contributed by atoms with van der Waals surface area (Å²) in [5.74, 6) is 1.60. The zero-order chi connectivity index (χ0) is 13.6. The van der Waals surface area contributed by atoms with Gasteiger partial charge in [-0.1, -0.05) is 0 Å². The topological polar surface area (TPSA) is 39.7 Å². The SMILES string of the molecule is COCC(C)(C)NCc1cc(OC)cc(OC)c1. The Hall–Kier alpha value is -1.26. The van der Waals surface area contributed by atoms with Crippen LogP contribution in [0, 0.1) is 0 Å². The van der Waals surface area contributed by atoms with Crippen LogP contribution in [-0.4, -0.2) is 33.5 Å². The van der Waals surface area contributed by atoms with E-state index in [0.717, 1.165) is 23.6 Å². The van der Waals surface area contributed by atoms with Gasteiger partial charge in [-0.05, 0) is 31.5 Å². The summed E-state index contributed by atoms with van der Waals surface area (Å²) in [6.45, 7) is 5.61. The van der Waals surface area contributed by atoms with Crippen LogP contribution in [-0.2, 0) is 11.3 Å². The average molecular weight is 253 g/mol. The number of methoxy groups -OCH3 is 3. The first-order valence-electron chi connectivity index (χ1n) is 5.96. The van der Waals surface area contributed by atoms with Gasteiger partial charge in [-0.3, -0.25) is 0 Å². The van der Waals surface area contributed by atoms with E-state index >= 15 is 0 Å². The van der Waals surface area contributed by atoms with Crippen LogP contribution in [0.3, 0.4) is 0 Å². The molecule has 0 aliphatic heterocycles. The lowest BCUT2D eigenvalue weighted by Crippen LogP contribution is -2.42. The molecule has 0 aromatic heterocycles. The fourth-order valence-electron chi connectivity index (χ4n) is 1.72. The molecule has 1 N–H and O–H groups in total. The highest BCUT2D eigenvalue weighted by Crippen LogP contribution is 2.22. The van der Waals surface area contributed by atoms with Crippen LogP contribution in [0.5, 0.6) is 11.5 Å². The van der Waals surface area contributed by atoms with E-state index in [1.807, 2.05) is 18.2 Å². The highest BCUT2D eigenvalue weighted by Gasteiger charge is 2.16. The molecule has 1 rings (SSSR count). The van der Waals surface area contributed by atoms with Gasteiger partial charge in [-0.25, -0.2) is 0 Å². The summed E-state index contributed by atoms with van der Waals surface area (Å²) >= 11 is 0. The van der Waals surface area contributed by atoms with E-state index < -0.39 is 0 Å². The van der Waals surface area contributed by atoms with Gasteiger partial charge >= 0.3 is 0 Å². The number of rotatable bonds is 7. The molecule has 0 bridgehead atoms. The molecule has 0 unspecified atom stereocenters. The standard InChI is InChI=1S/C14H23NO3/c1-14(2,10-16-3)15-9-11-6-12(17-4)8-13(7-11)18-5/h6-8,15H,9-10H2,1-5H3. The first kappa shape index (κ1) is 14.8. The molecule has 0 atom stereocenters. The first-order chi connectivity index (χ1) is 8.50. The summed E-state index contributed by atoms with van der Waals surface area (Å²) < 4.78 is 15.7. The third kappa shape index (κ3) is 4.55. The van der Waals surface area contributed by atoms with Crippen LogP contribution >= 0.6 is 0 Å². The van der Waals surface area contributed by atoms with Crippen molar-refractivity contribution in [1.29, 1.82) is 0 Å². The Morgan fingerprint density at radius 1 is 1.00 bits per heavy atom. The number of hydrogen-bond donors (Lipinski definition) is 1. The molecule has 1 aromatic rings. The molecule has 1 aromatic carbocycles. The molecule has 0 fully saturated rings. The van der Waals surface area contributed by atoms with Crippen LogP contribution in [0.25, 0.3) is 0 Å². The molecule has 0 spiro atoms. The monoisotopic (exact) mass is 253 g/mol. The van der Waals surface area contributed by atoms with Gasteiger partial charge in [0.1, 0.15) is 11.5 Å². The van der Waals surface area contributed by atoms with E-state index in [4.69, 9.17) is 14.2 Å². The van der Waals surface area contributed by atoms with Crippen molar-refractivity contribution in [3.63, 3.8) is 0 Å². The van der Waals surface area contributed by atoms with E-state index in [2.05, 4.69) is 19.2 Å². The molecule has 4 nitrogen and oxygen atoms in total. The predicted octanol–water partition coefficient (Wildman–Crippen LogP) is 2.22. The largest absolute Gasteiger partial charge is 0.497 e. The Morgan fingerprint density at radius 3 is 2.00 bits per heavy atom. The Morgan fingerprint density at radius 2 is 1.56 bits per heavy atom. The second-order valence-electron chi connectivity index (χ2n) is 4.89. The van der Waals surface area contributed by atoms with Crippen molar-refractivity contribution in [1.82, 2.24) is 5.32 Å². The zero-order valence-corrected chi connectivity index (χ0v) is 11.9. The van der Waals surface area contributed by atoms with Gasteiger partial charge in [0.15, 0.2) is 0 Å². The number of ether oxygens (including phenoxy) is 3. The normalized spacial score (nSPS) is 11.4.